The summed E-state index contributed by atoms with van der Waals surface area (Å²) >= 11 is 5.79. The first-order valence-corrected chi connectivity index (χ1v) is 6.47. The fourth-order valence-corrected chi connectivity index (χ4v) is 1.68. The summed E-state index contributed by atoms with van der Waals surface area (Å²) in [5.74, 6) is 0.0147. The number of benzene rings is 1. The highest BCUT2D eigenvalue weighted by Crippen LogP contribution is 2.10. The zero-order valence-electron chi connectivity index (χ0n) is 10.6. The van der Waals surface area contributed by atoms with Crippen LogP contribution >= 0.6 is 11.6 Å². The van der Waals surface area contributed by atoms with Gasteiger partial charge >= 0.3 is 0 Å². The standard InChI is InChI=1S/C14H19ClN2O/c1-2-17(11-3-10-16)14(18)9-6-12-4-7-13(15)8-5-12/h4-9H,2-3,10-11,16H2,1H3/b9-6+. The Labute approximate surface area is 113 Å². The lowest BCUT2D eigenvalue weighted by Gasteiger charge is -2.18. The Morgan fingerprint density at radius 1 is 1.39 bits per heavy atom. The van der Waals surface area contributed by atoms with E-state index in [9.17, 15) is 4.79 Å². The maximum Gasteiger partial charge on any atom is 0.246 e. The molecule has 1 aromatic rings. The number of carbonyl (C=O) groups excluding carboxylic acids is 1. The van der Waals surface area contributed by atoms with Crippen LogP contribution in [-0.4, -0.2) is 30.4 Å². The summed E-state index contributed by atoms with van der Waals surface area (Å²) in [6.45, 7) is 3.97. The number of rotatable bonds is 6. The van der Waals surface area contributed by atoms with Crippen molar-refractivity contribution in [2.45, 2.75) is 13.3 Å². The number of amides is 1. The van der Waals surface area contributed by atoms with Gasteiger partial charge in [-0.05, 0) is 43.7 Å². The van der Waals surface area contributed by atoms with Crippen LogP contribution in [0.15, 0.2) is 30.3 Å². The molecule has 0 heterocycles. The molecule has 0 bridgehead atoms. The third-order valence-corrected chi connectivity index (χ3v) is 2.87. The summed E-state index contributed by atoms with van der Waals surface area (Å²) in [7, 11) is 0. The second-order valence-electron chi connectivity index (χ2n) is 3.95. The minimum Gasteiger partial charge on any atom is -0.339 e. The van der Waals surface area contributed by atoms with Crippen LogP contribution in [0.5, 0.6) is 0 Å². The number of carbonyl (C=O) groups is 1. The smallest absolute Gasteiger partial charge is 0.246 e. The van der Waals surface area contributed by atoms with Gasteiger partial charge in [0.15, 0.2) is 0 Å². The Bertz CT molecular complexity index is 401. The molecule has 0 saturated carbocycles. The quantitative estimate of drug-likeness (QED) is 0.805. The second kappa shape index (κ2) is 7.90. The number of halogens is 1. The van der Waals surface area contributed by atoms with E-state index in [-0.39, 0.29) is 5.91 Å². The number of nitrogens with two attached hydrogens (primary N) is 1. The van der Waals surface area contributed by atoms with Crippen molar-refractivity contribution in [2.75, 3.05) is 19.6 Å². The van der Waals surface area contributed by atoms with Gasteiger partial charge in [-0.15, -0.1) is 0 Å². The third kappa shape index (κ3) is 4.90. The molecule has 0 atom stereocenters. The van der Waals surface area contributed by atoms with E-state index >= 15 is 0 Å². The van der Waals surface area contributed by atoms with Gasteiger partial charge in [0.1, 0.15) is 0 Å². The number of likely N-dealkylation sites (N-methyl/N-ethyl adjacent to an activating group) is 1. The van der Waals surface area contributed by atoms with Crippen LogP contribution in [0.2, 0.25) is 5.02 Å². The Morgan fingerprint density at radius 3 is 2.61 bits per heavy atom. The van der Waals surface area contributed by atoms with Crippen molar-refractivity contribution >= 4 is 23.6 Å². The van der Waals surface area contributed by atoms with E-state index in [1.54, 1.807) is 29.2 Å². The van der Waals surface area contributed by atoms with Gasteiger partial charge in [0, 0.05) is 24.2 Å². The fraction of sp³-hybridized carbons (Fsp3) is 0.357. The van der Waals surface area contributed by atoms with Gasteiger partial charge < -0.3 is 10.6 Å². The summed E-state index contributed by atoms with van der Waals surface area (Å²) in [5, 5.41) is 0.691. The van der Waals surface area contributed by atoms with Crippen LogP contribution in [0.4, 0.5) is 0 Å². The van der Waals surface area contributed by atoms with E-state index in [2.05, 4.69) is 0 Å². The Balaban J connectivity index is 2.59. The van der Waals surface area contributed by atoms with Gasteiger partial charge in [0.25, 0.3) is 0 Å². The number of hydrogen-bond acceptors (Lipinski definition) is 2. The van der Waals surface area contributed by atoms with Gasteiger partial charge in [-0.2, -0.15) is 0 Å². The van der Waals surface area contributed by atoms with E-state index in [0.29, 0.717) is 24.7 Å². The lowest BCUT2D eigenvalue weighted by Crippen LogP contribution is -2.31. The van der Waals surface area contributed by atoms with E-state index in [1.165, 1.54) is 0 Å². The average molecular weight is 267 g/mol. The van der Waals surface area contributed by atoms with Crippen molar-refractivity contribution in [1.82, 2.24) is 4.90 Å². The SMILES string of the molecule is CCN(CCCN)C(=O)/C=C/c1ccc(Cl)cc1. The molecule has 3 nitrogen and oxygen atoms in total. The van der Waals surface area contributed by atoms with Crippen LogP contribution < -0.4 is 5.73 Å². The second-order valence-corrected chi connectivity index (χ2v) is 4.38. The molecule has 1 rings (SSSR count). The molecule has 0 aliphatic heterocycles. The molecule has 0 aliphatic rings. The van der Waals surface area contributed by atoms with Crippen LogP contribution in [0.3, 0.4) is 0 Å². The number of hydrogen-bond donors (Lipinski definition) is 1. The highest BCUT2D eigenvalue weighted by molar-refractivity contribution is 6.30. The molecule has 2 N–H and O–H groups in total. The van der Waals surface area contributed by atoms with Gasteiger partial charge in [-0.1, -0.05) is 23.7 Å². The lowest BCUT2D eigenvalue weighted by molar-refractivity contribution is -0.125. The van der Waals surface area contributed by atoms with Crippen molar-refractivity contribution in [3.05, 3.63) is 40.9 Å². The predicted octanol–water partition coefficient (Wildman–Crippen LogP) is 2.55. The van der Waals surface area contributed by atoms with Crippen molar-refractivity contribution in [2.24, 2.45) is 5.73 Å². The van der Waals surface area contributed by atoms with Crippen LogP contribution in [0.25, 0.3) is 6.08 Å². The van der Waals surface area contributed by atoms with Crippen molar-refractivity contribution in [1.29, 1.82) is 0 Å². The molecular formula is C14H19ClN2O. The summed E-state index contributed by atoms with van der Waals surface area (Å²) in [6, 6.07) is 7.36. The molecule has 0 unspecified atom stereocenters. The van der Waals surface area contributed by atoms with Gasteiger partial charge in [0.05, 0.1) is 0 Å². The summed E-state index contributed by atoms with van der Waals surface area (Å²) in [4.78, 5) is 13.7. The average Bonchev–Trinajstić information content (AvgIpc) is 2.39. The fourth-order valence-electron chi connectivity index (χ4n) is 1.55. The first-order chi connectivity index (χ1) is 8.67. The van der Waals surface area contributed by atoms with Crippen LogP contribution in [0.1, 0.15) is 18.9 Å². The van der Waals surface area contributed by atoms with Gasteiger partial charge in [-0.3, -0.25) is 4.79 Å². The minimum atomic E-state index is 0.0147. The van der Waals surface area contributed by atoms with Gasteiger partial charge in [-0.25, -0.2) is 0 Å². The Morgan fingerprint density at radius 2 is 2.06 bits per heavy atom. The molecule has 0 saturated heterocycles. The van der Waals surface area contributed by atoms with E-state index in [1.807, 2.05) is 19.1 Å². The third-order valence-electron chi connectivity index (χ3n) is 2.61. The van der Waals surface area contributed by atoms with E-state index < -0.39 is 0 Å². The maximum atomic E-state index is 11.9. The minimum absolute atomic E-state index is 0.0147. The first kappa shape index (κ1) is 14.7. The molecule has 1 amide bonds. The number of nitrogens with zero attached hydrogens (tertiary/aromatic N) is 1. The Hall–Kier alpha value is -1.32. The Kier molecular flexibility index (Phi) is 6.47. The van der Waals surface area contributed by atoms with Gasteiger partial charge in [0.2, 0.25) is 5.91 Å². The van der Waals surface area contributed by atoms with Crippen molar-refractivity contribution in [3.63, 3.8) is 0 Å². The molecule has 18 heavy (non-hydrogen) atoms. The highest BCUT2D eigenvalue weighted by atomic mass is 35.5. The summed E-state index contributed by atoms with van der Waals surface area (Å²) in [5.41, 5.74) is 6.40. The molecule has 0 radical (unpaired) electrons. The highest BCUT2D eigenvalue weighted by Gasteiger charge is 2.06. The lowest BCUT2D eigenvalue weighted by atomic mass is 10.2. The molecule has 98 valence electrons. The zero-order chi connectivity index (χ0) is 13.4. The first-order valence-electron chi connectivity index (χ1n) is 6.10. The van der Waals surface area contributed by atoms with E-state index in [4.69, 9.17) is 17.3 Å². The summed E-state index contributed by atoms with van der Waals surface area (Å²) in [6.07, 6.45) is 4.21. The molecule has 0 aromatic heterocycles. The normalized spacial score (nSPS) is 10.8. The predicted molar refractivity (Wildman–Crippen MR) is 76.4 cm³/mol. The van der Waals surface area contributed by atoms with Crippen molar-refractivity contribution < 1.29 is 4.79 Å². The molecule has 1 aromatic carbocycles. The molecule has 0 fully saturated rings. The molecule has 4 heteroatoms. The molecule has 0 spiro atoms. The topological polar surface area (TPSA) is 46.3 Å². The monoisotopic (exact) mass is 266 g/mol. The maximum absolute atomic E-state index is 11.9. The summed E-state index contributed by atoms with van der Waals surface area (Å²) < 4.78 is 0. The molecule has 0 aliphatic carbocycles. The van der Waals surface area contributed by atoms with Crippen molar-refractivity contribution in [3.8, 4) is 0 Å². The molecular weight excluding hydrogens is 248 g/mol. The largest absolute Gasteiger partial charge is 0.339 e. The van der Waals surface area contributed by atoms with Crippen LogP contribution in [-0.2, 0) is 4.79 Å². The zero-order valence-corrected chi connectivity index (χ0v) is 11.4. The van der Waals surface area contributed by atoms with E-state index in [0.717, 1.165) is 12.0 Å². The van der Waals surface area contributed by atoms with Crippen LogP contribution in [0, 0.1) is 0 Å².